The van der Waals surface area contributed by atoms with E-state index in [9.17, 15) is 4.39 Å². The first-order chi connectivity index (χ1) is 9.11. The lowest BCUT2D eigenvalue weighted by molar-refractivity contribution is 0.628. The normalized spacial score (nSPS) is 10.9. The van der Waals surface area contributed by atoms with Gasteiger partial charge >= 0.3 is 0 Å². The van der Waals surface area contributed by atoms with E-state index >= 15 is 0 Å². The Labute approximate surface area is 122 Å². The van der Waals surface area contributed by atoms with Gasteiger partial charge in [-0.1, -0.05) is 40.6 Å². The molecule has 3 rings (SSSR count). The predicted molar refractivity (Wildman–Crippen MR) is 79.3 cm³/mol. The van der Waals surface area contributed by atoms with E-state index in [1.165, 1.54) is 23.5 Å². The van der Waals surface area contributed by atoms with Crippen LogP contribution < -0.4 is 5.32 Å². The van der Waals surface area contributed by atoms with Crippen LogP contribution in [0.3, 0.4) is 0 Å². The third kappa shape index (κ3) is 2.66. The van der Waals surface area contributed by atoms with Gasteiger partial charge < -0.3 is 5.32 Å². The summed E-state index contributed by atoms with van der Waals surface area (Å²) < 4.78 is 14.1. The molecule has 0 saturated heterocycles. The summed E-state index contributed by atoms with van der Waals surface area (Å²) >= 11 is 13.3. The van der Waals surface area contributed by atoms with Gasteiger partial charge in [0.25, 0.3) is 0 Å². The van der Waals surface area contributed by atoms with Crippen molar-refractivity contribution < 1.29 is 4.39 Å². The Bertz CT molecular complexity index is 737. The van der Waals surface area contributed by atoms with Crippen LogP contribution in [0.15, 0.2) is 36.4 Å². The molecule has 0 fully saturated rings. The largest absolute Gasteiger partial charge is 0.331 e. The van der Waals surface area contributed by atoms with Crippen molar-refractivity contribution in [3.8, 4) is 0 Å². The van der Waals surface area contributed by atoms with E-state index in [0.717, 1.165) is 10.2 Å². The Morgan fingerprint density at radius 3 is 2.74 bits per heavy atom. The lowest BCUT2D eigenvalue weighted by atomic mass is 10.3. The van der Waals surface area contributed by atoms with Gasteiger partial charge in [0.1, 0.15) is 5.82 Å². The standard InChI is InChI=1S/C13H7Cl2FN2S/c14-7-4-8(16)6-9(5-7)17-13-18-11-3-1-2-10(15)12(11)19-13/h1-6H,(H,17,18). The number of thiazole rings is 1. The molecule has 0 aliphatic heterocycles. The first-order valence-electron chi connectivity index (χ1n) is 5.40. The van der Waals surface area contributed by atoms with Crippen LogP contribution in [0.2, 0.25) is 10.0 Å². The third-order valence-electron chi connectivity index (χ3n) is 2.48. The lowest BCUT2D eigenvalue weighted by Crippen LogP contribution is -1.90. The maximum Gasteiger partial charge on any atom is 0.188 e. The van der Waals surface area contributed by atoms with Crippen molar-refractivity contribution in [3.63, 3.8) is 0 Å². The summed E-state index contributed by atoms with van der Waals surface area (Å²) in [7, 11) is 0. The predicted octanol–water partition coefficient (Wildman–Crippen LogP) is 5.49. The van der Waals surface area contributed by atoms with Gasteiger partial charge in [-0.2, -0.15) is 0 Å². The fraction of sp³-hybridized carbons (Fsp3) is 0. The van der Waals surface area contributed by atoms with E-state index in [1.807, 2.05) is 18.2 Å². The monoisotopic (exact) mass is 312 g/mol. The molecule has 1 N–H and O–H groups in total. The molecule has 0 saturated carbocycles. The average Bonchev–Trinajstić information content (AvgIpc) is 2.71. The highest BCUT2D eigenvalue weighted by molar-refractivity contribution is 7.22. The second-order valence-corrected chi connectivity index (χ2v) is 5.73. The van der Waals surface area contributed by atoms with Crippen LogP contribution in [0.4, 0.5) is 15.2 Å². The van der Waals surface area contributed by atoms with Gasteiger partial charge in [-0.3, -0.25) is 0 Å². The fourth-order valence-electron chi connectivity index (χ4n) is 1.72. The van der Waals surface area contributed by atoms with Gasteiger partial charge in [0, 0.05) is 10.7 Å². The number of hydrogen-bond acceptors (Lipinski definition) is 3. The summed E-state index contributed by atoms with van der Waals surface area (Å²) in [5.74, 6) is -0.394. The van der Waals surface area contributed by atoms with Crippen LogP contribution in [0.25, 0.3) is 10.2 Å². The van der Waals surface area contributed by atoms with Crippen LogP contribution in [-0.2, 0) is 0 Å². The number of halogens is 3. The zero-order valence-corrected chi connectivity index (χ0v) is 11.8. The number of anilines is 2. The van der Waals surface area contributed by atoms with Gasteiger partial charge in [0.2, 0.25) is 0 Å². The molecule has 0 aliphatic carbocycles. The average molecular weight is 313 g/mol. The SMILES string of the molecule is Fc1cc(Cl)cc(Nc2nc3cccc(Cl)c3s2)c1. The summed E-state index contributed by atoms with van der Waals surface area (Å²) in [5.41, 5.74) is 1.36. The van der Waals surface area contributed by atoms with E-state index in [0.29, 0.717) is 20.9 Å². The molecule has 0 aliphatic rings. The number of nitrogens with one attached hydrogen (secondary N) is 1. The maximum absolute atomic E-state index is 13.2. The highest BCUT2D eigenvalue weighted by Crippen LogP contribution is 2.33. The van der Waals surface area contributed by atoms with E-state index in [1.54, 1.807) is 6.07 Å². The Kier molecular flexibility index (Phi) is 3.31. The van der Waals surface area contributed by atoms with Gasteiger partial charge in [-0.25, -0.2) is 9.37 Å². The van der Waals surface area contributed by atoms with E-state index < -0.39 is 5.82 Å². The Morgan fingerprint density at radius 2 is 2.00 bits per heavy atom. The quantitative estimate of drug-likeness (QED) is 0.677. The maximum atomic E-state index is 13.2. The van der Waals surface area contributed by atoms with Crippen LogP contribution in [0.1, 0.15) is 0 Å². The van der Waals surface area contributed by atoms with E-state index in [2.05, 4.69) is 10.3 Å². The first kappa shape index (κ1) is 12.7. The molecular formula is C13H7Cl2FN2S. The van der Waals surface area contributed by atoms with Crippen LogP contribution >= 0.6 is 34.5 Å². The molecule has 0 atom stereocenters. The fourth-order valence-corrected chi connectivity index (χ4v) is 3.12. The Balaban J connectivity index is 1.99. The number of nitrogens with zero attached hydrogens (tertiary/aromatic N) is 1. The molecule has 2 aromatic carbocycles. The topological polar surface area (TPSA) is 24.9 Å². The molecule has 2 nitrogen and oxygen atoms in total. The lowest BCUT2D eigenvalue weighted by Gasteiger charge is -2.02. The molecule has 0 unspecified atom stereocenters. The van der Waals surface area contributed by atoms with Crippen molar-refractivity contribution in [2.75, 3.05) is 5.32 Å². The van der Waals surface area contributed by atoms with Crippen LogP contribution in [0.5, 0.6) is 0 Å². The molecule has 0 radical (unpaired) electrons. The summed E-state index contributed by atoms with van der Waals surface area (Å²) in [6, 6.07) is 9.78. The van der Waals surface area contributed by atoms with Crippen molar-refractivity contribution in [3.05, 3.63) is 52.3 Å². The second-order valence-electron chi connectivity index (χ2n) is 3.89. The molecule has 0 bridgehead atoms. The number of aromatic nitrogens is 1. The highest BCUT2D eigenvalue weighted by atomic mass is 35.5. The molecule has 0 amide bonds. The summed E-state index contributed by atoms with van der Waals surface area (Å²) in [6.45, 7) is 0. The smallest absolute Gasteiger partial charge is 0.188 e. The first-order valence-corrected chi connectivity index (χ1v) is 6.97. The molecular weight excluding hydrogens is 306 g/mol. The zero-order chi connectivity index (χ0) is 13.4. The molecule has 96 valence electrons. The van der Waals surface area contributed by atoms with E-state index in [4.69, 9.17) is 23.2 Å². The zero-order valence-electron chi connectivity index (χ0n) is 9.45. The Hall–Kier alpha value is -1.36. The molecule has 1 heterocycles. The molecule has 1 aromatic heterocycles. The van der Waals surface area contributed by atoms with Crippen molar-refractivity contribution in [2.45, 2.75) is 0 Å². The molecule has 19 heavy (non-hydrogen) atoms. The second kappa shape index (κ2) is 4.96. The highest BCUT2D eigenvalue weighted by Gasteiger charge is 2.07. The van der Waals surface area contributed by atoms with Crippen molar-refractivity contribution in [2.24, 2.45) is 0 Å². The number of hydrogen-bond donors (Lipinski definition) is 1. The van der Waals surface area contributed by atoms with Crippen molar-refractivity contribution >= 4 is 55.6 Å². The van der Waals surface area contributed by atoms with Crippen LogP contribution in [0, 0.1) is 5.82 Å². The van der Waals surface area contributed by atoms with Crippen molar-refractivity contribution in [1.29, 1.82) is 0 Å². The van der Waals surface area contributed by atoms with Gasteiger partial charge in [-0.15, -0.1) is 0 Å². The summed E-state index contributed by atoms with van der Waals surface area (Å²) in [4.78, 5) is 4.39. The number of benzene rings is 2. The molecule has 6 heteroatoms. The number of rotatable bonds is 2. The molecule has 3 aromatic rings. The van der Waals surface area contributed by atoms with Gasteiger partial charge in [0.05, 0.1) is 15.2 Å². The van der Waals surface area contributed by atoms with Crippen LogP contribution in [-0.4, -0.2) is 4.98 Å². The van der Waals surface area contributed by atoms with Gasteiger partial charge in [-0.05, 0) is 30.3 Å². The van der Waals surface area contributed by atoms with Gasteiger partial charge in [0.15, 0.2) is 5.13 Å². The minimum Gasteiger partial charge on any atom is -0.331 e. The summed E-state index contributed by atoms with van der Waals surface area (Å²) in [5, 5.41) is 4.66. The van der Waals surface area contributed by atoms with E-state index in [-0.39, 0.29) is 0 Å². The number of fused-ring (bicyclic) bond motifs is 1. The minimum atomic E-state index is -0.394. The summed E-state index contributed by atoms with van der Waals surface area (Å²) in [6.07, 6.45) is 0. The minimum absolute atomic E-state index is 0.335. The Morgan fingerprint density at radius 1 is 1.16 bits per heavy atom. The van der Waals surface area contributed by atoms with Crippen molar-refractivity contribution in [1.82, 2.24) is 4.98 Å². The third-order valence-corrected chi connectivity index (χ3v) is 4.15. The molecule has 0 spiro atoms.